The molecule has 2 aromatic carbocycles. The molecular formula is C19H24N2O4S. The van der Waals surface area contributed by atoms with Crippen molar-refractivity contribution in [2.24, 2.45) is 0 Å². The molecule has 0 radical (unpaired) electrons. The minimum Gasteiger partial charge on any atom is -0.494 e. The average Bonchev–Trinajstić information content (AvgIpc) is 2.57. The van der Waals surface area contributed by atoms with Crippen LogP contribution in [-0.4, -0.2) is 35.2 Å². The van der Waals surface area contributed by atoms with Crippen molar-refractivity contribution < 1.29 is 17.9 Å². The third-order valence-electron chi connectivity index (χ3n) is 4.37. The molecule has 0 aliphatic carbocycles. The van der Waals surface area contributed by atoms with Crippen LogP contribution in [0.5, 0.6) is 11.5 Å². The molecule has 0 spiro atoms. The van der Waals surface area contributed by atoms with E-state index in [-0.39, 0.29) is 4.90 Å². The first-order valence-corrected chi connectivity index (χ1v) is 10.0. The molecule has 0 atom stereocenters. The van der Waals surface area contributed by atoms with E-state index >= 15 is 0 Å². The fourth-order valence-electron chi connectivity index (χ4n) is 3.00. The van der Waals surface area contributed by atoms with Crippen molar-refractivity contribution in [2.45, 2.75) is 25.7 Å². The Balaban J connectivity index is 1.91. The molecule has 140 valence electrons. The molecule has 1 N–H and O–H groups in total. The van der Waals surface area contributed by atoms with Gasteiger partial charge in [0, 0.05) is 13.1 Å². The Hall–Kier alpha value is -2.41. The summed E-state index contributed by atoms with van der Waals surface area (Å²) in [6, 6.07) is 8.74. The van der Waals surface area contributed by atoms with Crippen LogP contribution in [0.1, 0.15) is 18.1 Å². The van der Waals surface area contributed by atoms with E-state index in [4.69, 9.17) is 9.47 Å². The first-order valence-electron chi connectivity index (χ1n) is 8.56. The van der Waals surface area contributed by atoms with Gasteiger partial charge in [-0.05, 0) is 56.2 Å². The van der Waals surface area contributed by atoms with Crippen LogP contribution in [0, 0.1) is 13.8 Å². The monoisotopic (exact) mass is 376 g/mol. The normalized spacial score (nSPS) is 13.8. The molecule has 0 aromatic heterocycles. The number of hydrogen-bond acceptors (Lipinski definition) is 5. The van der Waals surface area contributed by atoms with E-state index in [1.807, 2.05) is 27.0 Å². The second-order valence-electron chi connectivity index (χ2n) is 6.37. The predicted molar refractivity (Wildman–Crippen MR) is 103 cm³/mol. The fraction of sp³-hybridized carbons (Fsp3) is 0.368. The zero-order valence-corrected chi connectivity index (χ0v) is 16.3. The van der Waals surface area contributed by atoms with E-state index in [0.717, 1.165) is 17.8 Å². The summed E-state index contributed by atoms with van der Waals surface area (Å²) in [5.74, 6) is 1.38. The van der Waals surface area contributed by atoms with Gasteiger partial charge in [-0.3, -0.25) is 4.72 Å². The van der Waals surface area contributed by atoms with Crippen molar-refractivity contribution >= 4 is 21.4 Å². The third kappa shape index (κ3) is 3.58. The van der Waals surface area contributed by atoms with Gasteiger partial charge in [0.1, 0.15) is 18.1 Å². The molecule has 3 rings (SSSR count). The molecule has 2 aromatic rings. The quantitative estimate of drug-likeness (QED) is 0.867. The maximum Gasteiger partial charge on any atom is 0.262 e. The molecule has 0 saturated heterocycles. The fourth-order valence-corrected chi connectivity index (χ4v) is 4.36. The summed E-state index contributed by atoms with van der Waals surface area (Å²) in [6.07, 6.45) is 0. The van der Waals surface area contributed by atoms with Gasteiger partial charge in [0.15, 0.2) is 0 Å². The van der Waals surface area contributed by atoms with Crippen LogP contribution >= 0.6 is 0 Å². The number of likely N-dealkylation sites (N-methyl/N-ethyl adjacent to an activating group) is 1. The lowest BCUT2D eigenvalue weighted by Gasteiger charge is -2.28. The largest absolute Gasteiger partial charge is 0.494 e. The van der Waals surface area contributed by atoms with Gasteiger partial charge in [-0.2, -0.15) is 0 Å². The van der Waals surface area contributed by atoms with Crippen LogP contribution in [-0.2, 0) is 10.0 Å². The van der Waals surface area contributed by atoms with Crippen LogP contribution in [0.2, 0.25) is 0 Å². The molecule has 1 aliphatic rings. The maximum absolute atomic E-state index is 12.9. The number of fused-ring (bicyclic) bond motifs is 1. The Morgan fingerprint density at radius 3 is 2.69 bits per heavy atom. The Bertz CT molecular complexity index is 925. The van der Waals surface area contributed by atoms with Crippen LogP contribution in [0.25, 0.3) is 0 Å². The standard InChI is InChI=1S/C19H24N2O4S/c1-5-24-17-10-14(3)19(11-13(17)2)26(22,23)20-15-6-7-16-18(12-15)25-9-8-21(16)4/h6-7,10-12,20H,5,8-9H2,1-4H3. The first kappa shape index (κ1) is 18.4. The number of nitrogens with one attached hydrogen (secondary N) is 1. The summed E-state index contributed by atoms with van der Waals surface area (Å²) in [4.78, 5) is 2.33. The second kappa shape index (κ2) is 7.07. The Morgan fingerprint density at radius 1 is 1.19 bits per heavy atom. The lowest BCUT2D eigenvalue weighted by atomic mass is 10.1. The number of nitrogens with zero attached hydrogens (tertiary/aromatic N) is 1. The van der Waals surface area contributed by atoms with Gasteiger partial charge in [-0.1, -0.05) is 0 Å². The van der Waals surface area contributed by atoms with E-state index in [1.165, 1.54) is 0 Å². The minimum absolute atomic E-state index is 0.245. The van der Waals surface area contributed by atoms with Crippen molar-refractivity contribution in [1.82, 2.24) is 0 Å². The van der Waals surface area contributed by atoms with E-state index < -0.39 is 10.0 Å². The van der Waals surface area contributed by atoms with Gasteiger partial charge in [0.2, 0.25) is 0 Å². The highest BCUT2D eigenvalue weighted by Crippen LogP contribution is 2.34. The zero-order chi connectivity index (χ0) is 18.9. The SMILES string of the molecule is CCOc1cc(C)c(S(=O)(=O)Nc2ccc3c(c2)OCCN3C)cc1C. The van der Waals surface area contributed by atoms with Crippen molar-refractivity contribution in [3.8, 4) is 11.5 Å². The molecular weight excluding hydrogens is 352 g/mol. The number of anilines is 2. The number of hydrogen-bond donors (Lipinski definition) is 1. The lowest BCUT2D eigenvalue weighted by Crippen LogP contribution is -2.28. The topological polar surface area (TPSA) is 67.9 Å². The molecule has 26 heavy (non-hydrogen) atoms. The number of benzene rings is 2. The van der Waals surface area contributed by atoms with Gasteiger partial charge in [-0.25, -0.2) is 8.42 Å². The molecule has 1 aliphatic heterocycles. The lowest BCUT2D eigenvalue weighted by molar-refractivity contribution is 0.311. The van der Waals surface area contributed by atoms with Crippen LogP contribution in [0.4, 0.5) is 11.4 Å². The van der Waals surface area contributed by atoms with E-state index in [9.17, 15) is 8.42 Å². The number of rotatable bonds is 5. The van der Waals surface area contributed by atoms with Gasteiger partial charge in [0.05, 0.1) is 29.4 Å². The molecule has 0 saturated carbocycles. The maximum atomic E-state index is 12.9. The first-order chi connectivity index (χ1) is 12.3. The number of ether oxygens (including phenoxy) is 2. The van der Waals surface area contributed by atoms with Gasteiger partial charge >= 0.3 is 0 Å². The smallest absolute Gasteiger partial charge is 0.262 e. The van der Waals surface area contributed by atoms with Crippen molar-refractivity contribution in [3.05, 3.63) is 41.5 Å². The Morgan fingerprint density at radius 2 is 1.96 bits per heavy atom. The molecule has 1 heterocycles. The molecule has 6 nitrogen and oxygen atoms in total. The van der Waals surface area contributed by atoms with Crippen molar-refractivity contribution in [2.75, 3.05) is 36.4 Å². The zero-order valence-electron chi connectivity index (χ0n) is 15.5. The number of sulfonamides is 1. The Kier molecular flexibility index (Phi) is 5.00. The summed E-state index contributed by atoms with van der Waals surface area (Å²) in [6.45, 7) is 7.43. The highest BCUT2D eigenvalue weighted by molar-refractivity contribution is 7.92. The van der Waals surface area contributed by atoms with E-state index in [0.29, 0.717) is 36.0 Å². The highest BCUT2D eigenvalue weighted by Gasteiger charge is 2.21. The molecule has 0 fully saturated rings. The van der Waals surface area contributed by atoms with E-state index in [1.54, 1.807) is 31.2 Å². The summed E-state index contributed by atoms with van der Waals surface area (Å²) < 4.78 is 39.6. The highest BCUT2D eigenvalue weighted by atomic mass is 32.2. The summed E-state index contributed by atoms with van der Waals surface area (Å²) in [7, 11) is -1.73. The van der Waals surface area contributed by atoms with Crippen molar-refractivity contribution in [3.63, 3.8) is 0 Å². The predicted octanol–water partition coefficient (Wildman–Crippen LogP) is 3.33. The summed E-state index contributed by atoms with van der Waals surface area (Å²) in [5, 5.41) is 0. The van der Waals surface area contributed by atoms with Crippen LogP contribution < -0.4 is 19.1 Å². The van der Waals surface area contributed by atoms with E-state index in [2.05, 4.69) is 9.62 Å². The number of aryl methyl sites for hydroxylation is 2. The van der Waals surface area contributed by atoms with Gasteiger partial charge in [0.25, 0.3) is 10.0 Å². The van der Waals surface area contributed by atoms with Crippen LogP contribution in [0.3, 0.4) is 0 Å². The molecule has 0 unspecified atom stereocenters. The Labute approximate surface area is 154 Å². The average molecular weight is 376 g/mol. The van der Waals surface area contributed by atoms with Crippen LogP contribution in [0.15, 0.2) is 35.2 Å². The summed E-state index contributed by atoms with van der Waals surface area (Å²) >= 11 is 0. The second-order valence-corrected chi connectivity index (χ2v) is 8.03. The molecule has 0 amide bonds. The third-order valence-corrected chi connectivity index (χ3v) is 5.89. The summed E-state index contributed by atoms with van der Waals surface area (Å²) in [5.41, 5.74) is 2.85. The minimum atomic E-state index is -3.71. The van der Waals surface area contributed by atoms with Crippen molar-refractivity contribution in [1.29, 1.82) is 0 Å². The van der Waals surface area contributed by atoms with Gasteiger partial charge in [-0.15, -0.1) is 0 Å². The molecule has 7 heteroatoms. The molecule has 0 bridgehead atoms. The van der Waals surface area contributed by atoms with Gasteiger partial charge < -0.3 is 14.4 Å².